The Balaban J connectivity index is 1.70. The van der Waals surface area contributed by atoms with Crippen LogP contribution in [0.3, 0.4) is 0 Å². The van der Waals surface area contributed by atoms with Crippen LogP contribution in [0.4, 0.5) is 0 Å². The van der Waals surface area contributed by atoms with Crippen molar-refractivity contribution in [3.05, 3.63) is 51.6 Å². The van der Waals surface area contributed by atoms with Gasteiger partial charge in [0, 0.05) is 12.3 Å². The van der Waals surface area contributed by atoms with E-state index in [4.69, 9.17) is 21.9 Å². The number of hydrogen-bond donors (Lipinski definition) is 0. The van der Waals surface area contributed by atoms with Crippen LogP contribution in [0.1, 0.15) is 78.3 Å². The molecular formula is C31H49N3O8SSi2. The Morgan fingerprint density at radius 1 is 0.978 bits per heavy atom. The number of nitrogens with zero attached hydrogens (tertiary/aromatic N) is 3. The zero-order chi connectivity index (χ0) is 33.6. The maximum atomic E-state index is 13.4. The summed E-state index contributed by atoms with van der Waals surface area (Å²) in [6.07, 6.45) is -0.623. The highest BCUT2D eigenvalue weighted by Crippen LogP contribution is 2.48. The minimum atomic E-state index is -4.25. The van der Waals surface area contributed by atoms with E-state index >= 15 is 0 Å². The molecule has 0 amide bonds. The fourth-order valence-electron chi connectivity index (χ4n) is 6.91. The summed E-state index contributed by atoms with van der Waals surface area (Å²) in [5, 5.41) is 0. The highest BCUT2D eigenvalue weighted by atomic mass is 32.2. The number of hydrogen-bond acceptors (Lipinski definition) is 10. The monoisotopic (exact) mass is 679 g/mol. The first-order chi connectivity index (χ1) is 20.9. The van der Waals surface area contributed by atoms with Crippen molar-refractivity contribution in [3.8, 4) is 5.88 Å². The van der Waals surface area contributed by atoms with Crippen molar-refractivity contribution in [2.75, 3.05) is 6.61 Å². The van der Waals surface area contributed by atoms with Crippen LogP contribution >= 0.6 is 0 Å². The summed E-state index contributed by atoms with van der Waals surface area (Å²) in [6.45, 7) is 26.5. The number of rotatable bonds is 9. The summed E-state index contributed by atoms with van der Waals surface area (Å²) in [6, 6.07) is 4.19. The van der Waals surface area contributed by atoms with Crippen LogP contribution in [-0.4, -0.2) is 66.7 Å². The SMILES string of the molecule is C=N[C@@H]1[C@@H]2O[Si](C(C)C)(C(C)C)O[Si](C(C)C)(C(C)C)OC[C@H]2O[C@H]1n1ccc(OS(=O)(=O)c2c(C)cc(C)cc2C)nc1=O. The molecule has 2 aliphatic rings. The minimum absolute atomic E-state index is 0.0510. The number of ether oxygens (including phenoxy) is 1. The molecule has 4 rings (SSSR count). The Morgan fingerprint density at radius 2 is 1.53 bits per heavy atom. The maximum Gasteiger partial charge on any atom is 0.353 e. The lowest BCUT2D eigenvalue weighted by molar-refractivity contribution is -0.0568. The van der Waals surface area contributed by atoms with Gasteiger partial charge in [0.1, 0.15) is 23.1 Å². The summed E-state index contributed by atoms with van der Waals surface area (Å²) in [7, 11) is -10.0. The molecule has 2 fully saturated rings. The molecule has 11 nitrogen and oxygen atoms in total. The molecule has 0 aliphatic carbocycles. The molecule has 0 N–H and O–H groups in total. The van der Waals surface area contributed by atoms with Gasteiger partial charge < -0.3 is 21.9 Å². The highest BCUT2D eigenvalue weighted by molar-refractivity contribution is 7.87. The van der Waals surface area contributed by atoms with E-state index < -0.39 is 57.4 Å². The first-order valence-corrected chi connectivity index (χ1v) is 21.0. The second-order valence-corrected chi connectivity index (χ2v) is 23.8. The molecule has 2 aliphatic heterocycles. The lowest BCUT2D eigenvalue weighted by atomic mass is 10.1. The lowest BCUT2D eigenvalue weighted by Gasteiger charge is -2.51. The summed E-state index contributed by atoms with van der Waals surface area (Å²) in [5.41, 5.74) is 1.79. The first kappa shape index (κ1) is 35.6. The van der Waals surface area contributed by atoms with Crippen molar-refractivity contribution in [3.63, 3.8) is 0 Å². The summed E-state index contributed by atoms with van der Waals surface area (Å²) in [5.74, 6) is -0.341. The lowest BCUT2D eigenvalue weighted by Crippen LogP contribution is -2.65. The summed E-state index contributed by atoms with van der Waals surface area (Å²) < 4.78 is 60.7. The van der Waals surface area contributed by atoms with Crippen LogP contribution in [0.15, 0.2) is 39.1 Å². The third-order valence-electron chi connectivity index (χ3n) is 8.98. The number of benzene rings is 1. The standard InChI is InChI=1S/C31H49N3O8SSi2/c1-18(2)44(19(3)4)38-17-25-28(41-45(42-44,20(5)6)21(7)8)27(32-12)30(39-25)34-14-13-26(33-31(34)35)40-43(36,37)29-23(10)15-22(9)16-24(29)11/h13-16,18-21,25,27-28,30H,12,17H2,1-11H3/t25-,27-,28-,30-/m1/s1. The molecular weight excluding hydrogens is 631 g/mol. The molecule has 0 saturated carbocycles. The van der Waals surface area contributed by atoms with Crippen LogP contribution in [0.5, 0.6) is 5.88 Å². The smallest absolute Gasteiger partial charge is 0.353 e. The maximum absolute atomic E-state index is 13.4. The first-order valence-electron chi connectivity index (χ1n) is 15.6. The summed E-state index contributed by atoms with van der Waals surface area (Å²) >= 11 is 0. The molecule has 45 heavy (non-hydrogen) atoms. The van der Waals surface area contributed by atoms with E-state index in [0.717, 1.165) is 5.56 Å². The molecule has 0 spiro atoms. The predicted molar refractivity (Wildman–Crippen MR) is 178 cm³/mol. The molecule has 1 aromatic carbocycles. The Morgan fingerprint density at radius 3 is 2.02 bits per heavy atom. The Labute approximate surface area is 270 Å². The fourth-order valence-corrected chi connectivity index (χ4v) is 19.4. The van der Waals surface area contributed by atoms with Crippen LogP contribution in [-0.2, 0) is 27.8 Å². The van der Waals surface area contributed by atoms with Crippen molar-refractivity contribution < 1.29 is 30.3 Å². The van der Waals surface area contributed by atoms with Crippen molar-refractivity contribution in [2.45, 2.75) is 128 Å². The third kappa shape index (κ3) is 6.51. The molecule has 14 heteroatoms. The van der Waals surface area contributed by atoms with E-state index in [1.807, 2.05) is 6.92 Å². The second-order valence-electron chi connectivity index (χ2n) is 13.5. The predicted octanol–water partition coefficient (Wildman–Crippen LogP) is 5.86. The largest absolute Gasteiger partial charge is 0.414 e. The van der Waals surface area contributed by atoms with E-state index in [-0.39, 0.29) is 39.5 Å². The molecule has 0 bridgehead atoms. The fraction of sp³-hybridized carbons (Fsp3) is 0.645. The van der Waals surface area contributed by atoms with Crippen LogP contribution in [0, 0.1) is 20.8 Å². The van der Waals surface area contributed by atoms with Gasteiger partial charge in [-0.05, 0) is 60.8 Å². The molecule has 1 aromatic heterocycles. The van der Waals surface area contributed by atoms with Crippen LogP contribution in [0.25, 0.3) is 0 Å². The van der Waals surface area contributed by atoms with Gasteiger partial charge in [-0.2, -0.15) is 13.4 Å². The Kier molecular flexibility index (Phi) is 10.4. The van der Waals surface area contributed by atoms with Gasteiger partial charge in [0.25, 0.3) is 0 Å². The van der Waals surface area contributed by atoms with E-state index in [9.17, 15) is 13.2 Å². The van der Waals surface area contributed by atoms with Gasteiger partial charge in [0.15, 0.2) is 6.23 Å². The van der Waals surface area contributed by atoms with Crippen LogP contribution < -0.4 is 9.87 Å². The van der Waals surface area contributed by atoms with Gasteiger partial charge in [0.2, 0.25) is 5.88 Å². The topological polar surface area (TPSA) is 128 Å². The van der Waals surface area contributed by atoms with Gasteiger partial charge in [-0.25, -0.2) is 4.79 Å². The number of aromatic nitrogens is 2. The molecule has 0 radical (unpaired) electrons. The minimum Gasteiger partial charge on any atom is -0.414 e. The average Bonchev–Trinajstić information content (AvgIpc) is 3.22. The number of aryl methyl sites for hydroxylation is 3. The van der Waals surface area contributed by atoms with Gasteiger partial charge in [-0.3, -0.25) is 9.56 Å². The van der Waals surface area contributed by atoms with Crippen LogP contribution in [0.2, 0.25) is 22.2 Å². The second kappa shape index (κ2) is 13.1. The number of fused-ring (bicyclic) bond motifs is 1. The summed E-state index contributed by atoms with van der Waals surface area (Å²) in [4.78, 5) is 21.8. The van der Waals surface area contributed by atoms with E-state index in [1.165, 1.54) is 16.8 Å². The van der Waals surface area contributed by atoms with Gasteiger partial charge in [-0.1, -0.05) is 73.1 Å². The van der Waals surface area contributed by atoms with Gasteiger partial charge in [-0.15, -0.1) is 0 Å². The van der Waals surface area contributed by atoms with Crippen molar-refractivity contribution in [1.82, 2.24) is 9.55 Å². The third-order valence-corrected chi connectivity index (χ3v) is 20.8. The van der Waals surface area contributed by atoms with Crippen molar-refractivity contribution in [2.24, 2.45) is 4.99 Å². The molecule has 2 aromatic rings. The zero-order valence-electron chi connectivity index (χ0n) is 28.4. The number of aliphatic imine (C=N–C) groups is 1. The average molecular weight is 680 g/mol. The molecule has 4 atom stereocenters. The quantitative estimate of drug-likeness (QED) is 0.182. The van der Waals surface area contributed by atoms with Crippen molar-refractivity contribution >= 4 is 34.0 Å². The molecule has 0 unspecified atom stereocenters. The van der Waals surface area contributed by atoms with E-state index in [2.05, 4.69) is 72.1 Å². The highest BCUT2D eigenvalue weighted by Gasteiger charge is 2.61. The van der Waals surface area contributed by atoms with Gasteiger partial charge >= 0.3 is 32.9 Å². The Hall–Kier alpha value is -2.21. The van der Waals surface area contributed by atoms with E-state index in [1.54, 1.807) is 26.0 Å². The normalized spacial score (nSPS) is 25.0. The zero-order valence-corrected chi connectivity index (χ0v) is 31.2. The van der Waals surface area contributed by atoms with Crippen molar-refractivity contribution in [1.29, 1.82) is 0 Å². The van der Waals surface area contributed by atoms with Gasteiger partial charge in [0.05, 0.1) is 6.61 Å². The Bertz CT molecular complexity index is 1540. The molecule has 3 heterocycles. The molecule has 250 valence electrons. The molecule has 2 saturated heterocycles. The van der Waals surface area contributed by atoms with E-state index in [0.29, 0.717) is 11.1 Å².